The van der Waals surface area contributed by atoms with Crippen molar-refractivity contribution in [2.24, 2.45) is 0 Å². The molecule has 20 heavy (non-hydrogen) atoms. The lowest BCUT2D eigenvalue weighted by molar-refractivity contribution is 0.0523. The molecule has 2 rings (SSSR count). The topological polar surface area (TPSA) is 50.3 Å². The van der Waals surface area contributed by atoms with Crippen molar-refractivity contribution in [3.63, 3.8) is 0 Å². The molecule has 0 spiro atoms. The van der Waals surface area contributed by atoms with Crippen LogP contribution in [-0.2, 0) is 11.3 Å². The molecule has 1 fully saturated rings. The molecule has 0 amide bonds. The molecule has 1 aromatic rings. The monoisotopic (exact) mass is 278 g/mol. The van der Waals surface area contributed by atoms with Crippen molar-refractivity contribution in [2.75, 3.05) is 31.1 Å². The second-order valence-corrected chi connectivity index (χ2v) is 5.23. The summed E-state index contributed by atoms with van der Waals surface area (Å²) in [7, 11) is 0. The van der Waals surface area contributed by atoms with Gasteiger partial charge >= 0.3 is 0 Å². The Morgan fingerprint density at radius 3 is 2.85 bits per heavy atom. The summed E-state index contributed by atoms with van der Waals surface area (Å²) in [5.74, 6) is 0.827. The van der Waals surface area contributed by atoms with E-state index in [0.717, 1.165) is 63.6 Å². The molecule has 112 valence electrons. The standard InChI is InChI=1S/C15H26N4O/c1-3-7-16-9-13-10-17-15(18-11-13)19-8-5-6-14(12-19)20-4-2/h10-11,14,16H,3-9,12H2,1-2H3. The molecular formula is C15H26N4O. The van der Waals surface area contributed by atoms with E-state index in [1.807, 2.05) is 19.3 Å². The van der Waals surface area contributed by atoms with Crippen LogP contribution in [0.5, 0.6) is 0 Å². The van der Waals surface area contributed by atoms with E-state index >= 15 is 0 Å². The fourth-order valence-electron chi connectivity index (χ4n) is 2.50. The fourth-order valence-corrected chi connectivity index (χ4v) is 2.50. The second-order valence-electron chi connectivity index (χ2n) is 5.23. The summed E-state index contributed by atoms with van der Waals surface area (Å²) in [6, 6.07) is 0. The van der Waals surface area contributed by atoms with E-state index in [-0.39, 0.29) is 0 Å². The van der Waals surface area contributed by atoms with E-state index in [0.29, 0.717) is 6.10 Å². The highest BCUT2D eigenvalue weighted by atomic mass is 16.5. The number of hydrogen-bond donors (Lipinski definition) is 1. The van der Waals surface area contributed by atoms with Gasteiger partial charge in [-0.05, 0) is 32.7 Å². The lowest BCUT2D eigenvalue weighted by atomic mass is 10.1. The largest absolute Gasteiger partial charge is 0.377 e. The number of anilines is 1. The third kappa shape index (κ3) is 4.42. The summed E-state index contributed by atoms with van der Waals surface area (Å²) in [6.07, 6.45) is 7.61. The van der Waals surface area contributed by atoms with Gasteiger partial charge in [0.15, 0.2) is 0 Å². The van der Waals surface area contributed by atoms with Crippen LogP contribution in [0.4, 0.5) is 5.95 Å². The van der Waals surface area contributed by atoms with Gasteiger partial charge < -0.3 is 15.0 Å². The highest BCUT2D eigenvalue weighted by Crippen LogP contribution is 2.17. The van der Waals surface area contributed by atoms with Crippen molar-refractivity contribution in [1.82, 2.24) is 15.3 Å². The lowest BCUT2D eigenvalue weighted by Crippen LogP contribution is -2.40. The van der Waals surface area contributed by atoms with Crippen molar-refractivity contribution in [3.05, 3.63) is 18.0 Å². The van der Waals surface area contributed by atoms with E-state index in [2.05, 4.69) is 27.1 Å². The normalized spacial score (nSPS) is 19.3. The predicted molar refractivity (Wildman–Crippen MR) is 80.9 cm³/mol. The Labute approximate surface area is 121 Å². The summed E-state index contributed by atoms with van der Waals surface area (Å²) in [5.41, 5.74) is 1.14. The van der Waals surface area contributed by atoms with Gasteiger partial charge in [0.2, 0.25) is 5.95 Å². The Balaban J connectivity index is 1.88. The molecule has 2 heterocycles. The van der Waals surface area contributed by atoms with Gasteiger partial charge in [-0.15, -0.1) is 0 Å². The lowest BCUT2D eigenvalue weighted by Gasteiger charge is -2.32. The predicted octanol–water partition coefficient (Wildman–Crippen LogP) is 1.98. The molecule has 0 saturated carbocycles. The van der Waals surface area contributed by atoms with E-state index in [9.17, 15) is 0 Å². The van der Waals surface area contributed by atoms with Crippen LogP contribution in [0.3, 0.4) is 0 Å². The molecule has 1 saturated heterocycles. The zero-order valence-electron chi connectivity index (χ0n) is 12.6. The maximum absolute atomic E-state index is 5.72. The van der Waals surface area contributed by atoms with Gasteiger partial charge in [0, 0.05) is 44.2 Å². The van der Waals surface area contributed by atoms with Gasteiger partial charge in [0.25, 0.3) is 0 Å². The highest BCUT2D eigenvalue weighted by molar-refractivity contribution is 5.30. The molecule has 0 aromatic carbocycles. The molecule has 0 radical (unpaired) electrons. The van der Waals surface area contributed by atoms with E-state index < -0.39 is 0 Å². The Morgan fingerprint density at radius 2 is 2.15 bits per heavy atom. The van der Waals surface area contributed by atoms with Crippen LogP contribution in [0.25, 0.3) is 0 Å². The van der Waals surface area contributed by atoms with Gasteiger partial charge in [-0.2, -0.15) is 0 Å². The van der Waals surface area contributed by atoms with Crippen molar-refractivity contribution in [3.8, 4) is 0 Å². The molecule has 5 heteroatoms. The first-order valence-electron chi connectivity index (χ1n) is 7.71. The number of nitrogens with zero attached hydrogens (tertiary/aromatic N) is 3. The maximum Gasteiger partial charge on any atom is 0.225 e. The second kappa shape index (κ2) is 8.17. The third-order valence-electron chi connectivity index (χ3n) is 3.51. The maximum atomic E-state index is 5.72. The van der Waals surface area contributed by atoms with Crippen LogP contribution < -0.4 is 10.2 Å². The summed E-state index contributed by atoms with van der Waals surface area (Å²) in [5, 5.41) is 3.36. The Morgan fingerprint density at radius 1 is 1.35 bits per heavy atom. The third-order valence-corrected chi connectivity index (χ3v) is 3.51. The molecule has 1 unspecified atom stereocenters. The van der Waals surface area contributed by atoms with E-state index in [4.69, 9.17) is 4.74 Å². The molecule has 1 aromatic heterocycles. The molecule has 1 atom stereocenters. The molecule has 0 aliphatic carbocycles. The number of aromatic nitrogens is 2. The summed E-state index contributed by atoms with van der Waals surface area (Å²) < 4.78 is 5.72. The molecule has 1 aliphatic rings. The quantitative estimate of drug-likeness (QED) is 0.773. The first-order valence-corrected chi connectivity index (χ1v) is 7.71. The van der Waals surface area contributed by atoms with Crippen molar-refractivity contribution in [2.45, 2.75) is 45.8 Å². The Kier molecular flexibility index (Phi) is 6.21. The zero-order chi connectivity index (χ0) is 14.2. The van der Waals surface area contributed by atoms with E-state index in [1.165, 1.54) is 0 Å². The van der Waals surface area contributed by atoms with Crippen molar-refractivity contribution < 1.29 is 4.74 Å². The molecule has 5 nitrogen and oxygen atoms in total. The number of nitrogens with one attached hydrogen (secondary N) is 1. The van der Waals surface area contributed by atoms with Crippen LogP contribution in [0, 0.1) is 0 Å². The van der Waals surface area contributed by atoms with Gasteiger partial charge in [-0.3, -0.25) is 0 Å². The average Bonchev–Trinajstić information content (AvgIpc) is 2.49. The van der Waals surface area contributed by atoms with Crippen LogP contribution in [0.15, 0.2) is 12.4 Å². The summed E-state index contributed by atoms with van der Waals surface area (Å²) in [6.45, 7) is 8.80. The Bertz CT molecular complexity index is 380. The SMILES string of the molecule is CCCNCc1cnc(N2CCCC(OCC)C2)nc1. The summed E-state index contributed by atoms with van der Waals surface area (Å²) >= 11 is 0. The minimum Gasteiger partial charge on any atom is -0.377 e. The van der Waals surface area contributed by atoms with Crippen molar-refractivity contribution in [1.29, 1.82) is 0 Å². The average molecular weight is 278 g/mol. The molecule has 1 N–H and O–H groups in total. The van der Waals surface area contributed by atoms with E-state index in [1.54, 1.807) is 0 Å². The minimum atomic E-state index is 0.322. The van der Waals surface area contributed by atoms with Gasteiger partial charge in [-0.1, -0.05) is 6.92 Å². The first-order chi connectivity index (χ1) is 9.83. The number of rotatable bonds is 7. The Hall–Kier alpha value is -1.20. The van der Waals surface area contributed by atoms with Crippen molar-refractivity contribution >= 4 is 5.95 Å². The zero-order valence-corrected chi connectivity index (χ0v) is 12.6. The van der Waals surface area contributed by atoms with Gasteiger partial charge in [-0.25, -0.2) is 9.97 Å². The number of piperidine rings is 1. The molecule has 0 bridgehead atoms. The van der Waals surface area contributed by atoms with Gasteiger partial charge in [0.1, 0.15) is 0 Å². The van der Waals surface area contributed by atoms with Crippen LogP contribution in [-0.4, -0.2) is 42.3 Å². The highest BCUT2D eigenvalue weighted by Gasteiger charge is 2.21. The number of hydrogen-bond acceptors (Lipinski definition) is 5. The molecular weight excluding hydrogens is 252 g/mol. The summed E-state index contributed by atoms with van der Waals surface area (Å²) in [4.78, 5) is 11.2. The fraction of sp³-hybridized carbons (Fsp3) is 0.733. The minimum absolute atomic E-state index is 0.322. The number of ether oxygens (including phenoxy) is 1. The first kappa shape index (κ1) is 15.2. The van der Waals surface area contributed by atoms with Gasteiger partial charge in [0.05, 0.1) is 6.10 Å². The van der Waals surface area contributed by atoms with Crippen LogP contribution in [0.2, 0.25) is 0 Å². The smallest absolute Gasteiger partial charge is 0.225 e. The van der Waals surface area contributed by atoms with Crippen LogP contribution in [0.1, 0.15) is 38.7 Å². The molecule has 1 aliphatic heterocycles. The van der Waals surface area contributed by atoms with Crippen LogP contribution >= 0.6 is 0 Å².